The molecule has 1 fully saturated rings. The van der Waals surface area contributed by atoms with Gasteiger partial charge in [-0.15, -0.1) is 0 Å². The predicted octanol–water partition coefficient (Wildman–Crippen LogP) is 4.70. The summed E-state index contributed by atoms with van der Waals surface area (Å²) in [6.07, 6.45) is 1.65. The van der Waals surface area contributed by atoms with Gasteiger partial charge >= 0.3 is 6.03 Å². The lowest BCUT2D eigenvalue weighted by atomic mass is 10.1. The Bertz CT molecular complexity index is 859. The van der Waals surface area contributed by atoms with Gasteiger partial charge < -0.3 is 10.1 Å². The van der Waals surface area contributed by atoms with Crippen LogP contribution in [0.25, 0.3) is 6.08 Å². The Kier molecular flexibility index (Phi) is 5.78. The molecule has 2 aromatic carbocycles. The zero-order chi connectivity index (χ0) is 18.7. The summed E-state index contributed by atoms with van der Waals surface area (Å²) in [4.78, 5) is 26.0. The maximum Gasteiger partial charge on any atom is 0.329 e. The highest BCUT2D eigenvalue weighted by Gasteiger charge is 2.33. The standard InChI is InChI=1S/C19H16Br2N2O3/c1-2-26-17-14(20)8-13(9-15(17)21)10-16-18(24)23(19(25)22-16)11-12-6-4-3-5-7-12/h3-10H,2,11H2,1H3,(H,22,25)/b16-10+. The summed E-state index contributed by atoms with van der Waals surface area (Å²) in [5, 5.41) is 2.64. The first kappa shape index (κ1) is 18.7. The van der Waals surface area contributed by atoms with E-state index in [1.165, 1.54) is 4.90 Å². The van der Waals surface area contributed by atoms with E-state index < -0.39 is 6.03 Å². The second kappa shape index (κ2) is 8.05. The average Bonchev–Trinajstić information content (AvgIpc) is 2.86. The molecule has 0 aliphatic carbocycles. The molecule has 0 aromatic heterocycles. The highest BCUT2D eigenvalue weighted by atomic mass is 79.9. The molecule has 7 heteroatoms. The Morgan fingerprint density at radius 3 is 2.38 bits per heavy atom. The smallest absolute Gasteiger partial charge is 0.329 e. The number of amides is 3. The average molecular weight is 480 g/mol. The molecule has 2 aromatic rings. The largest absolute Gasteiger partial charge is 0.492 e. The van der Waals surface area contributed by atoms with Crippen molar-refractivity contribution >= 4 is 49.9 Å². The normalized spacial score (nSPS) is 15.5. The first-order valence-electron chi connectivity index (χ1n) is 8.00. The van der Waals surface area contributed by atoms with Crippen LogP contribution in [0.4, 0.5) is 4.79 Å². The van der Waals surface area contributed by atoms with Gasteiger partial charge in [0.15, 0.2) is 0 Å². The number of hydrogen-bond donors (Lipinski definition) is 1. The molecule has 3 amide bonds. The van der Waals surface area contributed by atoms with E-state index in [1.54, 1.807) is 6.08 Å². The number of nitrogens with zero attached hydrogens (tertiary/aromatic N) is 1. The molecule has 0 unspecified atom stereocenters. The minimum Gasteiger partial charge on any atom is -0.492 e. The third kappa shape index (κ3) is 3.99. The summed E-state index contributed by atoms with van der Waals surface area (Å²) in [5.74, 6) is 0.349. The summed E-state index contributed by atoms with van der Waals surface area (Å²) in [6.45, 7) is 2.68. The van der Waals surface area contributed by atoms with Crippen molar-refractivity contribution in [2.45, 2.75) is 13.5 Å². The monoisotopic (exact) mass is 478 g/mol. The van der Waals surface area contributed by atoms with Gasteiger partial charge in [-0.3, -0.25) is 9.69 Å². The van der Waals surface area contributed by atoms with Crippen molar-refractivity contribution in [1.29, 1.82) is 0 Å². The fourth-order valence-electron chi connectivity index (χ4n) is 2.59. The molecule has 0 radical (unpaired) electrons. The van der Waals surface area contributed by atoms with Gasteiger partial charge in [0, 0.05) is 0 Å². The van der Waals surface area contributed by atoms with Gasteiger partial charge in [0.1, 0.15) is 11.4 Å². The lowest BCUT2D eigenvalue weighted by Gasteiger charge is -2.11. The number of hydrogen-bond acceptors (Lipinski definition) is 3. The van der Waals surface area contributed by atoms with Gasteiger partial charge in [-0.25, -0.2) is 4.79 Å². The Balaban J connectivity index is 1.84. The number of nitrogens with one attached hydrogen (secondary N) is 1. The van der Waals surface area contributed by atoms with Crippen LogP contribution in [0.1, 0.15) is 18.1 Å². The third-order valence-corrected chi connectivity index (χ3v) is 4.94. The van der Waals surface area contributed by atoms with Crippen LogP contribution in [0.3, 0.4) is 0 Å². The number of ether oxygens (including phenoxy) is 1. The molecule has 1 aliphatic rings. The maximum atomic E-state index is 12.6. The van der Waals surface area contributed by atoms with E-state index in [0.29, 0.717) is 12.4 Å². The molecule has 1 saturated heterocycles. The molecule has 134 valence electrons. The van der Waals surface area contributed by atoms with E-state index in [2.05, 4.69) is 37.2 Å². The van der Waals surface area contributed by atoms with Crippen LogP contribution in [0.5, 0.6) is 5.75 Å². The molecule has 0 atom stereocenters. The van der Waals surface area contributed by atoms with E-state index >= 15 is 0 Å². The highest BCUT2D eigenvalue weighted by molar-refractivity contribution is 9.11. The van der Waals surface area contributed by atoms with E-state index in [4.69, 9.17) is 4.74 Å². The SMILES string of the molecule is CCOc1c(Br)cc(/C=C2/NC(=O)N(Cc3ccccc3)C2=O)cc1Br. The van der Waals surface area contributed by atoms with Crippen molar-refractivity contribution in [2.24, 2.45) is 0 Å². The van der Waals surface area contributed by atoms with E-state index in [1.807, 2.05) is 49.4 Å². The number of halogens is 2. The molecule has 0 bridgehead atoms. The zero-order valence-electron chi connectivity index (χ0n) is 14.0. The van der Waals surface area contributed by atoms with Crippen LogP contribution in [-0.2, 0) is 11.3 Å². The minimum absolute atomic E-state index is 0.236. The van der Waals surface area contributed by atoms with Crippen LogP contribution in [-0.4, -0.2) is 23.4 Å². The third-order valence-electron chi connectivity index (χ3n) is 3.77. The summed E-state index contributed by atoms with van der Waals surface area (Å²) in [5.41, 5.74) is 1.90. The van der Waals surface area contributed by atoms with Crippen LogP contribution in [0.15, 0.2) is 57.1 Å². The number of rotatable bonds is 5. The highest BCUT2D eigenvalue weighted by Crippen LogP contribution is 2.35. The molecule has 1 N–H and O–H groups in total. The van der Waals surface area contributed by atoms with Gasteiger partial charge in [-0.05, 0) is 68.1 Å². The van der Waals surface area contributed by atoms with E-state index in [9.17, 15) is 9.59 Å². The van der Waals surface area contributed by atoms with E-state index in [-0.39, 0.29) is 18.1 Å². The first-order chi connectivity index (χ1) is 12.5. The first-order valence-corrected chi connectivity index (χ1v) is 9.58. The summed E-state index contributed by atoms with van der Waals surface area (Å²) in [7, 11) is 0. The Labute approximate surface area is 168 Å². The molecule has 0 saturated carbocycles. The Morgan fingerprint density at radius 2 is 1.77 bits per heavy atom. The van der Waals surface area contributed by atoms with Crippen molar-refractivity contribution in [3.05, 3.63) is 68.2 Å². The molecule has 3 rings (SSSR count). The van der Waals surface area contributed by atoms with E-state index in [0.717, 1.165) is 20.1 Å². The lowest BCUT2D eigenvalue weighted by molar-refractivity contribution is -0.123. The number of urea groups is 1. The van der Waals surface area contributed by atoms with Crippen molar-refractivity contribution < 1.29 is 14.3 Å². The van der Waals surface area contributed by atoms with Crippen molar-refractivity contribution in [3.8, 4) is 5.75 Å². The second-order valence-corrected chi connectivity index (χ2v) is 7.32. The van der Waals surface area contributed by atoms with Crippen molar-refractivity contribution in [2.75, 3.05) is 6.61 Å². The zero-order valence-corrected chi connectivity index (χ0v) is 17.1. The van der Waals surface area contributed by atoms with Gasteiger partial charge in [0.25, 0.3) is 5.91 Å². The van der Waals surface area contributed by atoms with Gasteiger partial charge in [0.05, 0.1) is 22.1 Å². The number of carbonyl (C=O) groups is 2. The Morgan fingerprint density at radius 1 is 1.12 bits per heavy atom. The summed E-state index contributed by atoms with van der Waals surface area (Å²) in [6, 6.07) is 12.6. The minimum atomic E-state index is -0.422. The quantitative estimate of drug-likeness (QED) is 0.499. The molecule has 1 aliphatic heterocycles. The van der Waals surface area contributed by atoms with Crippen LogP contribution in [0, 0.1) is 0 Å². The summed E-state index contributed by atoms with van der Waals surface area (Å²) >= 11 is 6.93. The summed E-state index contributed by atoms with van der Waals surface area (Å²) < 4.78 is 7.08. The molecule has 0 spiro atoms. The number of carbonyl (C=O) groups excluding carboxylic acids is 2. The number of benzene rings is 2. The van der Waals surface area contributed by atoms with Gasteiger partial charge in [-0.2, -0.15) is 0 Å². The second-order valence-electron chi connectivity index (χ2n) is 5.61. The Hall–Kier alpha value is -2.12. The lowest BCUT2D eigenvalue weighted by Crippen LogP contribution is -2.30. The van der Waals surface area contributed by atoms with Crippen LogP contribution >= 0.6 is 31.9 Å². The van der Waals surface area contributed by atoms with Gasteiger partial charge in [0.2, 0.25) is 0 Å². The topological polar surface area (TPSA) is 58.6 Å². The van der Waals surface area contributed by atoms with Crippen molar-refractivity contribution in [1.82, 2.24) is 10.2 Å². The molecule has 1 heterocycles. The predicted molar refractivity (Wildman–Crippen MR) is 107 cm³/mol. The molecular formula is C19H16Br2N2O3. The fourth-order valence-corrected chi connectivity index (χ4v) is 4.04. The van der Waals surface area contributed by atoms with Crippen LogP contribution < -0.4 is 10.1 Å². The molecule has 26 heavy (non-hydrogen) atoms. The van der Waals surface area contributed by atoms with Gasteiger partial charge in [-0.1, -0.05) is 30.3 Å². The maximum absolute atomic E-state index is 12.6. The van der Waals surface area contributed by atoms with Crippen LogP contribution in [0.2, 0.25) is 0 Å². The van der Waals surface area contributed by atoms with Crippen molar-refractivity contribution in [3.63, 3.8) is 0 Å². The molecular weight excluding hydrogens is 464 g/mol. The number of imide groups is 1. The fraction of sp³-hybridized carbons (Fsp3) is 0.158. The molecule has 5 nitrogen and oxygen atoms in total.